The van der Waals surface area contributed by atoms with Crippen LogP contribution in [0.2, 0.25) is 5.02 Å². The first-order valence-corrected chi connectivity index (χ1v) is 8.12. The Balaban J connectivity index is 3.10. The van der Waals surface area contributed by atoms with Crippen LogP contribution in [0, 0.1) is 5.92 Å². The number of hydrogen-bond acceptors (Lipinski definition) is 3. The van der Waals surface area contributed by atoms with Crippen molar-refractivity contribution in [1.29, 1.82) is 0 Å². The maximum atomic E-state index is 6.43. The fraction of sp³-hybridized carbons (Fsp3) is 0.647. The van der Waals surface area contributed by atoms with Crippen LogP contribution in [0.15, 0.2) is 24.3 Å². The predicted molar refractivity (Wildman–Crippen MR) is 90.7 cm³/mol. The van der Waals surface area contributed by atoms with Crippen LogP contribution in [0.5, 0.6) is 0 Å². The quantitative estimate of drug-likeness (QED) is 0.755. The standard InChI is InChI=1S/C17H29ClN2O/c1-5-16(19)17(14-8-6-7-9-15(14)18)20(10-11-21-4)12-13(2)3/h6-9,13,16-17H,5,10-12,19H2,1-4H3. The largest absolute Gasteiger partial charge is 0.383 e. The molecule has 0 saturated carbocycles. The summed E-state index contributed by atoms with van der Waals surface area (Å²) in [5.74, 6) is 0.566. The monoisotopic (exact) mass is 312 g/mol. The molecule has 0 aliphatic rings. The first-order chi connectivity index (χ1) is 10.0. The Kier molecular flexibility index (Phi) is 8.27. The lowest BCUT2D eigenvalue weighted by molar-refractivity contribution is 0.0975. The summed E-state index contributed by atoms with van der Waals surface area (Å²) in [6, 6.07) is 8.20. The van der Waals surface area contributed by atoms with Gasteiger partial charge in [-0.05, 0) is 24.0 Å². The molecule has 4 heteroatoms. The summed E-state index contributed by atoms with van der Waals surface area (Å²) in [5, 5.41) is 0.789. The van der Waals surface area contributed by atoms with Crippen molar-refractivity contribution in [2.75, 3.05) is 26.8 Å². The highest BCUT2D eigenvalue weighted by Crippen LogP contribution is 2.31. The molecular weight excluding hydrogens is 284 g/mol. The number of nitrogens with two attached hydrogens (primary N) is 1. The summed E-state index contributed by atoms with van der Waals surface area (Å²) >= 11 is 6.42. The highest BCUT2D eigenvalue weighted by molar-refractivity contribution is 6.31. The van der Waals surface area contributed by atoms with E-state index in [4.69, 9.17) is 22.1 Å². The molecule has 21 heavy (non-hydrogen) atoms. The van der Waals surface area contributed by atoms with Gasteiger partial charge in [0.25, 0.3) is 0 Å². The van der Waals surface area contributed by atoms with Gasteiger partial charge in [-0.15, -0.1) is 0 Å². The van der Waals surface area contributed by atoms with Crippen LogP contribution in [0.3, 0.4) is 0 Å². The Bertz CT molecular complexity index is 412. The van der Waals surface area contributed by atoms with Crippen LogP contribution in [-0.4, -0.2) is 37.7 Å². The second kappa shape index (κ2) is 9.42. The number of halogens is 1. The number of ether oxygens (including phenoxy) is 1. The molecule has 120 valence electrons. The topological polar surface area (TPSA) is 38.5 Å². The number of benzene rings is 1. The first-order valence-electron chi connectivity index (χ1n) is 7.74. The molecule has 2 atom stereocenters. The number of hydrogen-bond donors (Lipinski definition) is 1. The van der Waals surface area contributed by atoms with E-state index in [2.05, 4.69) is 31.7 Å². The molecule has 0 aromatic heterocycles. The summed E-state index contributed by atoms with van der Waals surface area (Å²) in [6.07, 6.45) is 0.914. The molecular formula is C17H29ClN2O. The van der Waals surface area contributed by atoms with Crippen LogP contribution in [0.25, 0.3) is 0 Å². The Morgan fingerprint density at radius 1 is 1.29 bits per heavy atom. The van der Waals surface area contributed by atoms with E-state index in [9.17, 15) is 0 Å². The second-order valence-electron chi connectivity index (χ2n) is 5.92. The number of methoxy groups -OCH3 is 1. The molecule has 2 unspecified atom stereocenters. The molecule has 0 heterocycles. The van der Waals surface area contributed by atoms with Crippen LogP contribution >= 0.6 is 11.6 Å². The summed E-state index contributed by atoms with van der Waals surface area (Å²) in [4.78, 5) is 2.41. The summed E-state index contributed by atoms with van der Waals surface area (Å²) < 4.78 is 5.27. The molecule has 1 aromatic rings. The summed E-state index contributed by atoms with van der Waals surface area (Å²) in [6.45, 7) is 9.11. The number of rotatable bonds is 9. The van der Waals surface area contributed by atoms with Gasteiger partial charge in [0.15, 0.2) is 0 Å². The van der Waals surface area contributed by atoms with Gasteiger partial charge in [0.1, 0.15) is 0 Å². The average Bonchev–Trinajstić information content (AvgIpc) is 2.45. The normalized spacial score (nSPS) is 14.7. The van der Waals surface area contributed by atoms with Crippen molar-refractivity contribution in [2.24, 2.45) is 11.7 Å². The minimum atomic E-state index is 0.0560. The van der Waals surface area contributed by atoms with E-state index in [0.29, 0.717) is 12.5 Å². The zero-order chi connectivity index (χ0) is 15.8. The molecule has 3 nitrogen and oxygen atoms in total. The van der Waals surface area contributed by atoms with Crippen molar-refractivity contribution in [3.63, 3.8) is 0 Å². The molecule has 0 saturated heterocycles. The van der Waals surface area contributed by atoms with Crippen molar-refractivity contribution < 1.29 is 4.74 Å². The van der Waals surface area contributed by atoms with Crippen LogP contribution in [0.4, 0.5) is 0 Å². The van der Waals surface area contributed by atoms with Gasteiger partial charge < -0.3 is 10.5 Å². The highest BCUT2D eigenvalue weighted by Gasteiger charge is 2.27. The minimum absolute atomic E-state index is 0.0560. The van der Waals surface area contributed by atoms with Gasteiger partial charge in [-0.25, -0.2) is 0 Å². The van der Waals surface area contributed by atoms with E-state index in [1.54, 1.807) is 7.11 Å². The van der Waals surface area contributed by atoms with Crippen molar-refractivity contribution in [2.45, 2.75) is 39.3 Å². The minimum Gasteiger partial charge on any atom is -0.383 e. The Morgan fingerprint density at radius 2 is 1.95 bits per heavy atom. The van der Waals surface area contributed by atoms with E-state index in [-0.39, 0.29) is 12.1 Å². The molecule has 1 aromatic carbocycles. The molecule has 2 N–H and O–H groups in total. The molecule has 0 amide bonds. The Hall–Kier alpha value is -0.610. The molecule has 0 radical (unpaired) electrons. The van der Waals surface area contributed by atoms with E-state index in [0.717, 1.165) is 30.1 Å². The lowest BCUT2D eigenvalue weighted by Crippen LogP contribution is -2.44. The fourth-order valence-corrected chi connectivity index (χ4v) is 2.91. The van der Waals surface area contributed by atoms with Crippen molar-refractivity contribution in [1.82, 2.24) is 4.90 Å². The lowest BCUT2D eigenvalue weighted by Gasteiger charge is -2.37. The van der Waals surface area contributed by atoms with Crippen LogP contribution < -0.4 is 5.73 Å². The fourth-order valence-electron chi connectivity index (χ4n) is 2.66. The molecule has 0 aliphatic heterocycles. The predicted octanol–water partition coefficient (Wildman–Crippen LogP) is 3.72. The maximum Gasteiger partial charge on any atom is 0.0589 e. The zero-order valence-corrected chi connectivity index (χ0v) is 14.4. The van der Waals surface area contributed by atoms with Crippen LogP contribution in [0.1, 0.15) is 38.8 Å². The molecule has 0 spiro atoms. The Labute approximate surface area is 134 Å². The Morgan fingerprint density at radius 3 is 2.48 bits per heavy atom. The van der Waals surface area contributed by atoms with Gasteiger partial charge in [-0.3, -0.25) is 4.90 Å². The van der Waals surface area contributed by atoms with Gasteiger partial charge in [0, 0.05) is 31.3 Å². The first kappa shape index (κ1) is 18.4. The van der Waals surface area contributed by atoms with E-state index >= 15 is 0 Å². The van der Waals surface area contributed by atoms with E-state index < -0.39 is 0 Å². The van der Waals surface area contributed by atoms with Gasteiger partial charge in [-0.1, -0.05) is 50.6 Å². The summed E-state index contributed by atoms with van der Waals surface area (Å²) in [5.41, 5.74) is 7.54. The zero-order valence-electron chi connectivity index (χ0n) is 13.7. The van der Waals surface area contributed by atoms with Gasteiger partial charge in [0.2, 0.25) is 0 Å². The SMILES string of the molecule is CCC(N)C(c1ccccc1Cl)N(CCOC)CC(C)C. The summed E-state index contributed by atoms with van der Waals surface area (Å²) in [7, 11) is 1.73. The molecule has 0 fully saturated rings. The second-order valence-corrected chi connectivity index (χ2v) is 6.33. The van der Waals surface area contributed by atoms with E-state index in [1.807, 2.05) is 18.2 Å². The number of nitrogens with zero attached hydrogens (tertiary/aromatic N) is 1. The van der Waals surface area contributed by atoms with Gasteiger partial charge in [0.05, 0.1) is 12.6 Å². The molecule has 0 bridgehead atoms. The third-order valence-corrected chi connectivity index (χ3v) is 4.02. The third kappa shape index (κ3) is 5.59. The smallest absolute Gasteiger partial charge is 0.0589 e. The van der Waals surface area contributed by atoms with Crippen molar-refractivity contribution in [3.05, 3.63) is 34.9 Å². The molecule has 1 rings (SSSR count). The maximum absolute atomic E-state index is 6.43. The van der Waals surface area contributed by atoms with E-state index in [1.165, 1.54) is 0 Å². The van der Waals surface area contributed by atoms with Gasteiger partial charge >= 0.3 is 0 Å². The van der Waals surface area contributed by atoms with Gasteiger partial charge in [-0.2, -0.15) is 0 Å². The van der Waals surface area contributed by atoms with Crippen LogP contribution in [-0.2, 0) is 4.74 Å². The van der Waals surface area contributed by atoms with Crippen molar-refractivity contribution >= 4 is 11.6 Å². The molecule has 0 aliphatic carbocycles. The van der Waals surface area contributed by atoms with Crippen molar-refractivity contribution in [3.8, 4) is 0 Å². The average molecular weight is 313 g/mol. The highest BCUT2D eigenvalue weighted by atomic mass is 35.5. The lowest BCUT2D eigenvalue weighted by atomic mass is 9.95. The third-order valence-electron chi connectivity index (χ3n) is 3.68.